The molecule has 1 aromatic carbocycles. The van der Waals surface area contributed by atoms with E-state index in [-0.39, 0.29) is 5.91 Å². The van der Waals surface area contributed by atoms with Crippen LogP contribution in [0.15, 0.2) is 48.8 Å². The lowest BCUT2D eigenvalue weighted by Crippen LogP contribution is -2.41. The van der Waals surface area contributed by atoms with Crippen LogP contribution in [0.2, 0.25) is 5.02 Å². The molecule has 3 heterocycles. The van der Waals surface area contributed by atoms with Crippen LogP contribution < -0.4 is 0 Å². The number of fused-ring (bicyclic) bond motifs is 1. The number of aromatic nitrogens is 2. The van der Waals surface area contributed by atoms with Crippen molar-refractivity contribution in [3.63, 3.8) is 0 Å². The minimum Gasteiger partial charge on any atom is -0.378 e. The third kappa shape index (κ3) is 3.21. The molecule has 5 nitrogen and oxygen atoms in total. The molecule has 1 fully saturated rings. The van der Waals surface area contributed by atoms with Crippen LogP contribution >= 0.6 is 11.6 Å². The largest absolute Gasteiger partial charge is 0.378 e. The van der Waals surface area contributed by atoms with Crippen LogP contribution in [0.5, 0.6) is 0 Å². The van der Waals surface area contributed by atoms with Crippen molar-refractivity contribution in [2.75, 3.05) is 26.3 Å². The number of pyridine rings is 2. The Hall–Kier alpha value is -2.50. The summed E-state index contributed by atoms with van der Waals surface area (Å²) in [5, 5.41) is 1.57. The fourth-order valence-electron chi connectivity index (χ4n) is 2.93. The molecule has 6 heteroatoms. The number of nitrogens with zero attached hydrogens (tertiary/aromatic N) is 3. The lowest BCUT2D eigenvalue weighted by atomic mass is 10.0. The van der Waals surface area contributed by atoms with Gasteiger partial charge in [0, 0.05) is 41.5 Å². The van der Waals surface area contributed by atoms with Gasteiger partial charge in [-0.15, -0.1) is 0 Å². The Morgan fingerprint density at radius 1 is 1.04 bits per heavy atom. The van der Waals surface area contributed by atoms with Crippen molar-refractivity contribution >= 4 is 28.4 Å². The first-order valence-corrected chi connectivity index (χ1v) is 8.48. The number of carbonyl (C=O) groups is 1. The Bertz CT molecular complexity index is 922. The second kappa shape index (κ2) is 6.78. The molecule has 126 valence electrons. The van der Waals surface area contributed by atoms with Crippen LogP contribution in [-0.2, 0) is 4.74 Å². The minimum absolute atomic E-state index is 0.0657. The van der Waals surface area contributed by atoms with E-state index in [1.54, 1.807) is 23.4 Å². The molecule has 0 radical (unpaired) electrons. The monoisotopic (exact) mass is 353 g/mol. The van der Waals surface area contributed by atoms with Gasteiger partial charge < -0.3 is 9.64 Å². The number of carbonyl (C=O) groups excluding carboxylic acids is 1. The first-order chi connectivity index (χ1) is 12.2. The van der Waals surface area contributed by atoms with Crippen LogP contribution in [0, 0.1) is 0 Å². The molecule has 1 aliphatic heterocycles. The van der Waals surface area contributed by atoms with E-state index in [1.807, 2.05) is 30.3 Å². The highest BCUT2D eigenvalue weighted by atomic mass is 35.5. The van der Waals surface area contributed by atoms with Gasteiger partial charge in [-0.25, -0.2) is 4.98 Å². The van der Waals surface area contributed by atoms with Gasteiger partial charge in [-0.2, -0.15) is 0 Å². The standard InChI is InChI=1S/C19H16ClN3O2/c20-15-4-1-13(2-5-15)16-12-21-11-14-3-6-17(22-18(14)16)19(24)23-7-9-25-10-8-23/h1-6,11-12H,7-10H2. The quantitative estimate of drug-likeness (QED) is 0.708. The number of morpholine rings is 1. The van der Waals surface area contributed by atoms with Crippen LogP contribution in [0.25, 0.3) is 22.0 Å². The third-order valence-corrected chi connectivity index (χ3v) is 4.52. The summed E-state index contributed by atoms with van der Waals surface area (Å²) in [7, 11) is 0. The van der Waals surface area contributed by atoms with E-state index in [1.165, 1.54) is 0 Å². The normalized spacial score (nSPS) is 14.7. The zero-order valence-electron chi connectivity index (χ0n) is 13.5. The van der Waals surface area contributed by atoms with E-state index >= 15 is 0 Å². The van der Waals surface area contributed by atoms with Crippen molar-refractivity contribution in [3.05, 3.63) is 59.5 Å². The van der Waals surface area contributed by atoms with Crippen LogP contribution in [-0.4, -0.2) is 47.1 Å². The van der Waals surface area contributed by atoms with Gasteiger partial charge >= 0.3 is 0 Å². The van der Waals surface area contributed by atoms with Crippen LogP contribution in [0.1, 0.15) is 10.5 Å². The van der Waals surface area contributed by atoms with Crippen molar-refractivity contribution in [3.8, 4) is 11.1 Å². The molecule has 0 unspecified atom stereocenters. The van der Waals surface area contributed by atoms with Crippen molar-refractivity contribution in [2.24, 2.45) is 0 Å². The van der Waals surface area contributed by atoms with Gasteiger partial charge in [-0.3, -0.25) is 9.78 Å². The summed E-state index contributed by atoms with van der Waals surface area (Å²) in [6.45, 7) is 2.33. The van der Waals surface area contributed by atoms with E-state index in [4.69, 9.17) is 16.3 Å². The van der Waals surface area contributed by atoms with E-state index in [0.717, 1.165) is 22.0 Å². The fourth-order valence-corrected chi connectivity index (χ4v) is 3.06. The van der Waals surface area contributed by atoms with Crippen LogP contribution in [0.4, 0.5) is 0 Å². The number of benzene rings is 1. The van der Waals surface area contributed by atoms with Gasteiger partial charge in [0.05, 0.1) is 18.7 Å². The van der Waals surface area contributed by atoms with Gasteiger partial charge in [0.15, 0.2) is 0 Å². The van der Waals surface area contributed by atoms with Gasteiger partial charge in [0.25, 0.3) is 5.91 Å². The summed E-state index contributed by atoms with van der Waals surface area (Å²) in [5.41, 5.74) is 3.05. The number of ether oxygens (including phenoxy) is 1. The van der Waals surface area contributed by atoms with Crippen molar-refractivity contribution in [1.29, 1.82) is 0 Å². The molecule has 0 atom stereocenters. The smallest absolute Gasteiger partial charge is 0.272 e. The average molecular weight is 354 g/mol. The molecule has 0 N–H and O–H groups in total. The molecule has 1 aliphatic rings. The van der Waals surface area contributed by atoms with E-state index in [2.05, 4.69) is 9.97 Å². The van der Waals surface area contributed by atoms with Crippen molar-refractivity contribution < 1.29 is 9.53 Å². The highest BCUT2D eigenvalue weighted by Crippen LogP contribution is 2.27. The highest BCUT2D eigenvalue weighted by molar-refractivity contribution is 6.30. The lowest BCUT2D eigenvalue weighted by molar-refractivity contribution is 0.0299. The number of rotatable bonds is 2. The Morgan fingerprint density at radius 3 is 2.56 bits per heavy atom. The summed E-state index contributed by atoms with van der Waals surface area (Å²) < 4.78 is 5.31. The second-order valence-electron chi connectivity index (χ2n) is 5.87. The van der Waals surface area contributed by atoms with Gasteiger partial charge in [0.1, 0.15) is 5.69 Å². The maximum atomic E-state index is 12.7. The summed E-state index contributed by atoms with van der Waals surface area (Å²) >= 11 is 5.98. The molecule has 3 aromatic rings. The molecular formula is C19H16ClN3O2. The van der Waals surface area contributed by atoms with Crippen molar-refractivity contribution in [2.45, 2.75) is 0 Å². The molecule has 25 heavy (non-hydrogen) atoms. The predicted molar refractivity (Wildman–Crippen MR) is 96.7 cm³/mol. The van der Waals surface area contributed by atoms with E-state index in [0.29, 0.717) is 37.0 Å². The zero-order valence-corrected chi connectivity index (χ0v) is 14.2. The molecular weight excluding hydrogens is 338 g/mol. The van der Waals surface area contributed by atoms with E-state index < -0.39 is 0 Å². The predicted octanol–water partition coefficient (Wildman–Crippen LogP) is 3.42. The number of hydrogen-bond donors (Lipinski definition) is 0. The first kappa shape index (κ1) is 16.0. The molecule has 2 aromatic heterocycles. The Kier molecular flexibility index (Phi) is 4.34. The summed E-state index contributed by atoms with van der Waals surface area (Å²) in [5.74, 6) is -0.0657. The molecule has 4 rings (SSSR count). The van der Waals surface area contributed by atoms with Gasteiger partial charge in [0.2, 0.25) is 0 Å². The van der Waals surface area contributed by atoms with E-state index in [9.17, 15) is 4.79 Å². The molecule has 0 aliphatic carbocycles. The van der Waals surface area contributed by atoms with Gasteiger partial charge in [-0.05, 0) is 29.8 Å². The summed E-state index contributed by atoms with van der Waals surface area (Å²) in [6, 6.07) is 11.2. The Labute approximate surface area is 150 Å². The third-order valence-electron chi connectivity index (χ3n) is 4.27. The van der Waals surface area contributed by atoms with Crippen molar-refractivity contribution in [1.82, 2.24) is 14.9 Å². The maximum absolute atomic E-state index is 12.7. The SMILES string of the molecule is O=C(c1ccc2cncc(-c3ccc(Cl)cc3)c2n1)N1CCOCC1. The number of amides is 1. The highest BCUT2D eigenvalue weighted by Gasteiger charge is 2.20. The fraction of sp³-hybridized carbons (Fsp3) is 0.211. The summed E-state index contributed by atoms with van der Waals surface area (Å²) in [4.78, 5) is 23.4. The number of halogens is 1. The zero-order chi connectivity index (χ0) is 17.2. The average Bonchev–Trinajstić information content (AvgIpc) is 2.68. The molecule has 0 bridgehead atoms. The maximum Gasteiger partial charge on any atom is 0.272 e. The molecule has 1 saturated heterocycles. The Morgan fingerprint density at radius 2 is 1.80 bits per heavy atom. The molecule has 1 amide bonds. The first-order valence-electron chi connectivity index (χ1n) is 8.10. The van der Waals surface area contributed by atoms with Gasteiger partial charge in [-0.1, -0.05) is 23.7 Å². The summed E-state index contributed by atoms with van der Waals surface area (Å²) in [6.07, 6.45) is 3.52. The second-order valence-corrected chi connectivity index (χ2v) is 6.30. The topological polar surface area (TPSA) is 55.3 Å². The minimum atomic E-state index is -0.0657. The lowest BCUT2D eigenvalue weighted by Gasteiger charge is -2.26. The number of hydrogen-bond acceptors (Lipinski definition) is 4. The molecule has 0 saturated carbocycles. The van der Waals surface area contributed by atoms with Crippen LogP contribution in [0.3, 0.4) is 0 Å². The Balaban J connectivity index is 1.77. The molecule has 0 spiro atoms.